The lowest BCUT2D eigenvalue weighted by Crippen LogP contribution is -2.12. The lowest BCUT2D eigenvalue weighted by Gasteiger charge is -2.19. The summed E-state index contributed by atoms with van der Waals surface area (Å²) in [5, 5.41) is 0. The molecule has 0 aliphatic heterocycles. The molecule has 2 rings (SSSR count). The summed E-state index contributed by atoms with van der Waals surface area (Å²) in [6, 6.07) is 9.33. The third-order valence-electron chi connectivity index (χ3n) is 3.05. The van der Waals surface area contributed by atoms with Crippen molar-refractivity contribution in [2.75, 3.05) is 6.61 Å². The highest BCUT2D eigenvalue weighted by Crippen LogP contribution is 2.31. The third-order valence-corrected chi connectivity index (χ3v) is 4.53. The Labute approximate surface area is 138 Å². The Hall–Kier alpha value is -1.03. The van der Waals surface area contributed by atoms with E-state index >= 15 is 0 Å². The van der Waals surface area contributed by atoms with Gasteiger partial charge in [-0.15, -0.1) is 11.3 Å². The zero-order valence-electron chi connectivity index (χ0n) is 12.1. The summed E-state index contributed by atoms with van der Waals surface area (Å²) < 4.78 is 6.41. The fourth-order valence-electron chi connectivity index (χ4n) is 1.81. The molecule has 5 heteroatoms. The molecule has 0 aliphatic rings. The standard InChI is InChI=1S/C16H16Cl2O2S/c1-16(2,3)10-4-6-11(7-5-10)20-9-13(19)12-8-14(17)21-15(12)18/h4-8H,9H2,1-3H3. The molecule has 0 N–H and O–H groups in total. The smallest absolute Gasteiger partial charge is 0.202 e. The van der Waals surface area contributed by atoms with Crippen LogP contribution in [0.1, 0.15) is 36.7 Å². The number of carbonyl (C=O) groups excluding carboxylic acids is 1. The highest BCUT2D eigenvalue weighted by molar-refractivity contribution is 7.20. The largest absolute Gasteiger partial charge is 0.485 e. The van der Waals surface area contributed by atoms with Crippen LogP contribution in [0.25, 0.3) is 0 Å². The zero-order chi connectivity index (χ0) is 15.6. The molecule has 21 heavy (non-hydrogen) atoms. The van der Waals surface area contributed by atoms with Crippen LogP contribution in [-0.2, 0) is 5.41 Å². The van der Waals surface area contributed by atoms with Crippen LogP contribution >= 0.6 is 34.5 Å². The molecule has 0 amide bonds. The van der Waals surface area contributed by atoms with E-state index in [1.54, 1.807) is 6.07 Å². The van der Waals surface area contributed by atoms with E-state index in [1.807, 2.05) is 24.3 Å². The van der Waals surface area contributed by atoms with E-state index < -0.39 is 0 Å². The van der Waals surface area contributed by atoms with E-state index in [2.05, 4.69) is 20.8 Å². The molecule has 0 unspecified atom stereocenters. The zero-order valence-corrected chi connectivity index (χ0v) is 14.4. The minimum absolute atomic E-state index is 0.0539. The maximum absolute atomic E-state index is 12.0. The molecule has 2 aromatic rings. The first-order valence-corrected chi connectivity index (χ1v) is 8.06. The molecule has 0 radical (unpaired) electrons. The van der Waals surface area contributed by atoms with Gasteiger partial charge in [-0.2, -0.15) is 0 Å². The fourth-order valence-corrected chi connectivity index (χ4v) is 3.31. The van der Waals surface area contributed by atoms with Crippen LogP contribution in [0.2, 0.25) is 8.67 Å². The first-order valence-electron chi connectivity index (χ1n) is 6.49. The number of carbonyl (C=O) groups is 1. The van der Waals surface area contributed by atoms with Crippen molar-refractivity contribution >= 4 is 40.3 Å². The van der Waals surface area contributed by atoms with Gasteiger partial charge in [0.15, 0.2) is 6.61 Å². The van der Waals surface area contributed by atoms with Crippen molar-refractivity contribution < 1.29 is 9.53 Å². The van der Waals surface area contributed by atoms with Gasteiger partial charge in [-0.1, -0.05) is 56.1 Å². The molecule has 0 saturated heterocycles. The van der Waals surface area contributed by atoms with E-state index in [1.165, 1.54) is 16.9 Å². The Morgan fingerprint density at radius 3 is 2.29 bits per heavy atom. The number of rotatable bonds is 4. The van der Waals surface area contributed by atoms with Gasteiger partial charge in [0.1, 0.15) is 10.1 Å². The maximum atomic E-state index is 12.0. The van der Waals surface area contributed by atoms with Crippen LogP contribution in [0.5, 0.6) is 5.75 Å². The second kappa shape index (κ2) is 6.39. The van der Waals surface area contributed by atoms with Gasteiger partial charge in [-0.3, -0.25) is 4.79 Å². The van der Waals surface area contributed by atoms with Crippen LogP contribution in [0, 0.1) is 0 Å². The normalized spacial score (nSPS) is 11.5. The number of Topliss-reactive ketones (excluding diaryl/α,β-unsaturated/α-hetero) is 1. The van der Waals surface area contributed by atoms with Crippen molar-refractivity contribution in [3.63, 3.8) is 0 Å². The summed E-state index contributed by atoms with van der Waals surface area (Å²) in [4.78, 5) is 12.0. The predicted molar refractivity (Wildman–Crippen MR) is 89.3 cm³/mol. The molecular weight excluding hydrogens is 327 g/mol. The summed E-state index contributed by atoms with van der Waals surface area (Å²) in [6.07, 6.45) is 0. The summed E-state index contributed by atoms with van der Waals surface area (Å²) in [5.74, 6) is 0.483. The Bertz CT molecular complexity index is 639. The number of thiophene rings is 1. The van der Waals surface area contributed by atoms with Crippen LogP contribution in [0.15, 0.2) is 30.3 Å². The Morgan fingerprint density at radius 1 is 1.19 bits per heavy atom. The average molecular weight is 343 g/mol. The van der Waals surface area contributed by atoms with Crippen LogP contribution < -0.4 is 4.74 Å². The van der Waals surface area contributed by atoms with Gasteiger partial charge in [0.05, 0.1) is 9.90 Å². The van der Waals surface area contributed by atoms with E-state index in [-0.39, 0.29) is 17.8 Å². The van der Waals surface area contributed by atoms with Gasteiger partial charge in [0, 0.05) is 0 Å². The number of ether oxygens (including phenoxy) is 1. The van der Waals surface area contributed by atoms with Crippen molar-refractivity contribution in [1.82, 2.24) is 0 Å². The highest BCUT2D eigenvalue weighted by Gasteiger charge is 2.16. The van der Waals surface area contributed by atoms with Gasteiger partial charge in [-0.05, 0) is 29.2 Å². The van der Waals surface area contributed by atoms with Gasteiger partial charge in [0.2, 0.25) is 5.78 Å². The molecule has 2 nitrogen and oxygen atoms in total. The summed E-state index contributed by atoms with van der Waals surface area (Å²) in [7, 11) is 0. The summed E-state index contributed by atoms with van der Waals surface area (Å²) >= 11 is 13.0. The van der Waals surface area contributed by atoms with Gasteiger partial charge >= 0.3 is 0 Å². The third kappa shape index (κ3) is 4.22. The predicted octanol–water partition coefficient (Wildman–Crippen LogP) is 5.61. The van der Waals surface area contributed by atoms with E-state index in [0.29, 0.717) is 20.0 Å². The lowest BCUT2D eigenvalue weighted by atomic mass is 9.87. The Morgan fingerprint density at radius 2 is 1.81 bits per heavy atom. The fraction of sp³-hybridized carbons (Fsp3) is 0.312. The maximum Gasteiger partial charge on any atom is 0.202 e. The Kier molecular flexibility index (Phi) is 4.97. The van der Waals surface area contributed by atoms with Gasteiger partial charge in [-0.25, -0.2) is 0 Å². The molecule has 1 heterocycles. The van der Waals surface area contributed by atoms with Gasteiger partial charge in [0.25, 0.3) is 0 Å². The van der Waals surface area contributed by atoms with Crippen molar-refractivity contribution in [2.45, 2.75) is 26.2 Å². The molecule has 0 fully saturated rings. The molecule has 0 saturated carbocycles. The second-order valence-corrected chi connectivity index (χ2v) is 8.01. The van der Waals surface area contributed by atoms with Crippen molar-refractivity contribution in [2.24, 2.45) is 0 Å². The number of halogens is 2. The molecule has 0 aliphatic carbocycles. The van der Waals surface area contributed by atoms with Crippen molar-refractivity contribution in [3.05, 3.63) is 50.1 Å². The topological polar surface area (TPSA) is 26.3 Å². The minimum Gasteiger partial charge on any atom is -0.485 e. The quantitative estimate of drug-likeness (QED) is 0.674. The first-order chi connectivity index (χ1) is 9.77. The van der Waals surface area contributed by atoms with Crippen LogP contribution in [0.4, 0.5) is 0 Å². The summed E-state index contributed by atoms with van der Waals surface area (Å²) in [6.45, 7) is 6.39. The molecule has 1 aromatic heterocycles. The van der Waals surface area contributed by atoms with Crippen LogP contribution in [-0.4, -0.2) is 12.4 Å². The molecular formula is C16H16Cl2O2S. The molecule has 112 valence electrons. The Balaban J connectivity index is 2.00. The van der Waals surface area contributed by atoms with E-state index in [0.717, 1.165) is 0 Å². The SMILES string of the molecule is CC(C)(C)c1ccc(OCC(=O)c2cc(Cl)sc2Cl)cc1. The first kappa shape index (κ1) is 16.3. The van der Waals surface area contributed by atoms with Crippen LogP contribution in [0.3, 0.4) is 0 Å². The molecule has 1 aromatic carbocycles. The monoisotopic (exact) mass is 342 g/mol. The average Bonchev–Trinajstić information content (AvgIpc) is 2.74. The van der Waals surface area contributed by atoms with Crippen molar-refractivity contribution in [1.29, 1.82) is 0 Å². The summed E-state index contributed by atoms with van der Waals surface area (Å²) in [5.41, 5.74) is 1.72. The number of hydrogen-bond donors (Lipinski definition) is 0. The van der Waals surface area contributed by atoms with E-state index in [4.69, 9.17) is 27.9 Å². The minimum atomic E-state index is -0.178. The lowest BCUT2D eigenvalue weighted by molar-refractivity contribution is 0.0922. The second-order valence-electron chi connectivity index (χ2n) is 5.72. The molecule has 0 atom stereocenters. The number of hydrogen-bond acceptors (Lipinski definition) is 3. The van der Waals surface area contributed by atoms with E-state index in [9.17, 15) is 4.79 Å². The number of benzene rings is 1. The van der Waals surface area contributed by atoms with Crippen molar-refractivity contribution in [3.8, 4) is 5.75 Å². The molecule has 0 spiro atoms. The number of ketones is 1. The highest BCUT2D eigenvalue weighted by atomic mass is 35.5. The molecule has 0 bridgehead atoms. The van der Waals surface area contributed by atoms with Gasteiger partial charge < -0.3 is 4.74 Å².